The van der Waals surface area contributed by atoms with Crippen LogP contribution >= 0.6 is 11.6 Å². The zero-order valence-electron chi connectivity index (χ0n) is 55.5. The summed E-state index contributed by atoms with van der Waals surface area (Å²) in [5, 5.41) is 0.477. The molecule has 0 aliphatic heterocycles. The number of hydrogen-bond acceptors (Lipinski definition) is 21. The number of ether oxygens (including phenoxy) is 4. The minimum atomic E-state index is -0.495. The van der Waals surface area contributed by atoms with Crippen molar-refractivity contribution in [3.63, 3.8) is 0 Å². The van der Waals surface area contributed by atoms with E-state index >= 15 is 0 Å². The SMILES string of the molecule is CCc1cc(Oc2cncc(F)c2)cc(C(=O)Cc2cccc(C)n2)n1.CCc1cc(Oc2cncnc2)cc(C(=O)Cc2ccc(C)cn2)n1.Cc1cc(Oc2cncc(Cl)c2)cc(C(=O)Cc2ccccn2)n1.Cc1ccc(CC(=O)c2cc(Oc3cncc(F)c3)cc(C)n2)nc1. The van der Waals surface area contributed by atoms with Gasteiger partial charge in [0.2, 0.25) is 0 Å². The fourth-order valence-corrected chi connectivity index (χ4v) is 9.38. The summed E-state index contributed by atoms with van der Waals surface area (Å²) in [5.74, 6) is 1.88. The molecule has 0 N–H and O–H groups in total. The molecule has 504 valence electrons. The molecule has 12 aromatic heterocycles. The summed E-state index contributed by atoms with van der Waals surface area (Å²) in [6.45, 7) is 13.3. The van der Waals surface area contributed by atoms with Gasteiger partial charge in [0.15, 0.2) is 28.9 Å². The monoisotopic (exact) mass is 1360 g/mol. The Kier molecular flexibility index (Phi) is 25.7. The van der Waals surface area contributed by atoms with Gasteiger partial charge in [-0.2, -0.15) is 0 Å². The molecule has 0 spiro atoms. The molecule has 0 bridgehead atoms. The van der Waals surface area contributed by atoms with Crippen molar-refractivity contribution >= 4 is 34.7 Å². The molecule has 12 rings (SSSR count). The van der Waals surface area contributed by atoms with Crippen molar-refractivity contribution in [3.05, 3.63) is 304 Å². The standard InChI is InChI=1S/C20H18FN3O2.C19H16FN3O2.C19H18N4O2.C18H14ClN3O2/c1-3-15-8-17(26-18-7-14(21)11-22-12-18)10-19(24-15)20(25)9-16-6-4-5-13(2)23-16;1-12-3-4-15(22-9-12)7-19(24)18-8-16(5-13(2)23-18)25-17-6-14(20)10-21-11-17;1-3-14-6-16(25-17-10-20-12-21-11-17)8-18(23-14)19(24)7-15-5-4-13(2)9-22-15;1-12-6-15(24-16-7-13(19)10-20-11-16)9-17(22-12)18(23)8-14-4-2-3-5-21-14/h4-8,10-12H,3,9H2,1-2H3;3-6,8-11H,7H2,1-2H3;4-6,8-12H,3,7H2,1-2H3;2-7,9-11H,8H2,1H3. The molecule has 0 unspecified atom stereocenters. The molecule has 24 heteroatoms. The number of hydrogen-bond donors (Lipinski definition) is 0. The first kappa shape index (κ1) is 72.0. The molecule has 0 radical (unpaired) electrons. The lowest BCUT2D eigenvalue weighted by molar-refractivity contribution is 0.0978. The third-order valence-electron chi connectivity index (χ3n) is 13.9. The number of pyridine rings is 11. The van der Waals surface area contributed by atoms with Gasteiger partial charge in [0.05, 0.1) is 74.1 Å². The Morgan fingerprint density at radius 2 is 0.760 bits per heavy atom. The lowest BCUT2D eigenvalue weighted by Gasteiger charge is -2.09. The average Bonchev–Trinajstić information content (AvgIpc) is 0.862. The number of aryl methyl sites for hydroxylation is 7. The molecule has 0 saturated heterocycles. The van der Waals surface area contributed by atoms with E-state index in [1.54, 1.807) is 93.5 Å². The molecule has 100 heavy (non-hydrogen) atoms. The number of rotatable bonds is 22. The van der Waals surface area contributed by atoms with Crippen molar-refractivity contribution in [3.8, 4) is 46.0 Å². The van der Waals surface area contributed by atoms with Gasteiger partial charge in [0.1, 0.15) is 81.0 Å². The quantitative estimate of drug-likeness (QED) is 0.0570. The summed E-state index contributed by atoms with van der Waals surface area (Å²) in [5.41, 5.74) is 9.83. The minimum absolute atomic E-state index is 0.0965. The van der Waals surface area contributed by atoms with Crippen LogP contribution in [0.25, 0.3) is 0 Å². The van der Waals surface area contributed by atoms with Crippen molar-refractivity contribution in [2.45, 2.75) is 87.0 Å². The molecular weight excluding hydrogens is 1300 g/mol. The van der Waals surface area contributed by atoms with E-state index in [0.29, 0.717) is 104 Å². The van der Waals surface area contributed by atoms with Gasteiger partial charge in [-0.3, -0.25) is 54.1 Å². The predicted molar refractivity (Wildman–Crippen MR) is 368 cm³/mol. The maximum atomic E-state index is 13.3. The molecule has 0 amide bonds. The first-order chi connectivity index (χ1) is 48.3. The van der Waals surface area contributed by atoms with Crippen molar-refractivity contribution in [1.29, 1.82) is 0 Å². The number of halogens is 3. The van der Waals surface area contributed by atoms with Crippen LogP contribution in [0, 0.1) is 46.3 Å². The van der Waals surface area contributed by atoms with E-state index in [-0.39, 0.29) is 66.0 Å². The highest BCUT2D eigenvalue weighted by atomic mass is 35.5. The Morgan fingerprint density at radius 1 is 0.350 bits per heavy atom. The third kappa shape index (κ3) is 23.0. The number of aromatic nitrogens is 13. The second-order valence-electron chi connectivity index (χ2n) is 22.4. The Hall–Kier alpha value is -12.2. The summed E-state index contributed by atoms with van der Waals surface area (Å²) < 4.78 is 49.2. The summed E-state index contributed by atoms with van der Waals surface area (Å²) in [4.78, 5) is 104. The Bertz CT molecular complexity index is 4800. The highest BCUT2D eigenvalue weighted by Crippen LogP contribution is 2.28. The van der Waals surface area contributed by atoms with Crippen LogP contribution in [-0.2, 0) is 38.5 Å². The Morgan fingerprint density at radius 3 is 1.18 bits per heavy atom. The van der Waals surface area contributed by atoms with E-state index < -0.39 is 11.6 Å². The van der Waals surface area contributed by atoms with Gasteiger partial charge >= 0.3 is 0 Å². The van der Waals surface area contributed by atoms with Crippen LogP contribution in [0.2, 0.25) is 5.02 Å². The summed E-state index contributed by atoms with van der Waals surface area (Å²) in [7, 11) is 0. The maximum Gasteiger partial charge on any atom is 0.187 e. The van der Waals surface area contributed by atoms with Crippen molar-refractivity contribution in [2.75, 3.05) is 0 Å². The predicted octanol–water partition coefficient (Wildman–Crippen LogP) is 15.4. The maximum absolute atomic E-state index is 13.3. The van der Waals surface area contributed by atoms with Gasteiger partial charge in [0, 0.05) is 143 Å². The van der Waals surface area contributed by atoms with Crippen LogP contribution < -0.4 is 18.9 Å². The second kappa shape index (κ2) is 35.7. The summed E-state index contributed by atoms with van der Waals surface area (Å²) in [6, 6.07) is 36.0. The van der Waals surface area contributed by atoms with Gasteiger partial charge in [0.25, 0.3) is 0 Å². The molecule has 0 fully saturated rings. The van der Waals surface area contributed by atoms with Gasteiger partial charge in [-0.05, 0) is 95.0 Å². The fraction of sp³-hybridized carbons (Fsp3) is 0.171. The molecule has 0 aromatic carbocycles. The van der Waals surface area contributed by atoms with Gasteiger partial charge in [-0.25, -0.2) is 38.7 Å². The van der Waals surface area contributed by atoms with Crippen molar-refractivity contribution in [2.24, 2.45) is 0 Å². The first-order valence-corrected chi connectivity index (χ1v) is 31.7. The normalized spacial score (nSPS) is 10.5. The van der Waals surface area contributed by atoms with E-state index in [0.717, 1.165) is 40.6 Å². The van der Waals surface area contributed by atoms with Crippen LogP contribution in [0.15, 0.2) is 202 Å². The van der Waals surface area contributed by atoms with Crippen molar-refractivity contribution < 1.29 is 46.9 Å². The number of carbonyl (C=O) groups excluding carboxylic acids is 4. The minimum Gasteiger partial charge on any atom is -0.456 e. The molecule has 0 saturated carbocycles. The van der Waals surface area contributed by atoms with Crippen LogP contribution in [-0.4, -0.2) is 87.9 Å². The third-order valence-corrected chi connectivity index (χ3v) is 14.1. The van der Waals surface area contributed by atoms with Crippen molar-refractivity contribution in [1.82, 2.24) is 64.8 Å². The zero-order valence-corrected chi connectivity index (χ0v) is 56.3. The average molecular weight is 1360 g/mol. The molecule has 21 nitrogen and oxygen atoms in total. The second-order valence-corrected chi connectivity index (χ2v) is 22.8. The van der Waals surface area contributed by atoms with E-state index in [1.807, 2.05) is 101 Å². The van der Waals surface area contributed by atoms with E-state index in [9.17, 15) is 28.0 Å². The topological polar surface area (TPSA) is 273 Å². The first-order valence-electron chi connectivity index (χ1n) is 31.3. The smallest absolute Gasteiger partial charge is 0.187 e. The number of carbonyl (C=O) groups is 4. The molecule has 12 heterocycles. The highest BCUT2D eigenvalue weighted by molar-refractivity contribution is 6.30. The highest BCUT2D eigenvalue weighted by Gasteiger charge is 2.18. The molecule has 12 aromatic rings. The summed E-state index contributed by atoms with van der Waals surface area (Å²) in [6.07, 6.45) is 19.8. The molecular formula is C76H66ClF2N13O8. The van der Waals surface area contributed by atoms with Crippen LogP contribution in [0.5, 0.6) is 46.0 Å². The van der Waals surface area contributed by atoms with Gasteiger partial charge in [-0.1, -0.05) is 49.7 Å². The van der Waals surface area contributed by atoms with E-state index in [1.165, 1.54) is 43.1 Å². The number of nitrogens with zero attached hydrogens (tertiary/aromatic N) is 13. The van der Waals surface area contributed by atoms with Gasteiger partial charge in [-0.15, -0.1) is 0 Å². The number of Topliss-reactive ketones (excluding diaryl/α,β-unsaturated/α-hetero) is 4. The zero-order chi connectivity index (χ0) is 70.9. The van der Waals surface area contributed by atoms with E-state index in [2.05, 4.69) is 64.8 Å². The summed E-state index contributed by atoms with van der Waals surface area (Å²) >= 11 is 5.90. The molecule has 0 aliphatic carbocycles. The Balaban J connectivity index is 0.000000156. The molecule has 0 aliphatic rings. The van der Waals surface area contributed by atoms with E-state index in [4.69, 9.17) is 30.5 Å². The number of ketones is 4. The van der Waals surface area contributed by atoms with Gasteiger partial charge < -0.3 is 18.9 Å². The fourth-order valence-electron chi connectivity index (χ4n) is 9.22. The molecule has 0 atom stereocenters. The van der Waals surface area contributed by atoms with Crippen LogP contribution in [0.3, 0.4) is 0 Å². The van der Waals surface area contributed by atoms with Crippen LogP contribution in [0.1, 0.15) is 118 Å². The lowest BCUT2D eigenvalue weighted by Crippen LogP contribution is -2.09. The van der Waals surface area contributed by atoms with Crippen LogP contribution in [0.4, 0.5) is 8.78 Å². The Labute approximate surface area is 580 Å². The largest absolute Gasteiger partial charge is 0.456 e. The lowest BCUT2D eigenvalue weighted by atomic mass is 10.1.